The number of piperidine rings is 1. The van der Waals surface area contributed by atoms with E-state index in [0.717, 1.165) is 50.2 Å². The molecule has 1 saturated carbocycles. The molecule has 2 amide bonds. The Balaban J connectivity index is 1.20. The summed E-state index contributed by atoms with van der Waals surface area (Å²) in [5.41, 5.74) is 1.74. The molecule has 2 aliphatic rings. The zero-order valence-corrected chi connectivity index (χ0v) is 17.3. The summed E-state index contributed by atoms with van der Waals surface area (Å²) in [5.74, 6) is 1.49. The van der Waals surface area contributed by atoms with Crippen molar-refractivity contribution in [1.82, 2.24) is 19.9 Å². The lowest BCUT2D eigenvalue weighted by Gasteiger charge is -2.33. The highest BCUT2D eigenvalue weighted by molar-refractivity contribution is 5.92. The predicted molar refractivity (Wildman–Crippen MR) is 118 cm³/mol. The standard InChI is InChI=1S/C23H26N6O2/c30-20(15-16-5-2-1-3-6-16)24-18-11-13-28(14-12-18)21-8-4-7-19-25-23(27-29(19)21)26-22(31)17-9-10-17/h1-8,17-18H,9-15H2,(H,24,30)(H,26,27,31). The first kappa shape index (κ1) is 19.5. The van der Waals surface area contributed by atoms with E-state index in [1.165, 1.54) is 0 Å². The van der Waals surface area contributed by atoms with Crippen molar-refractivity contribution in [3.8, 4) is 0 Å². The van der Waals surface area contributed by atoms with E-state index in [1.54, 1.807) is 4.52 Å². The molecule has 3 heterocycles. The number of anilines is 2. The van der Waals surface area contributed by atoms with Crippen LogP contribution in [0.15, 0.2) is 48.5 Å². The van der Waals surface area contributed by atoms with Crippen molar-refractivity contribution < 1.29 is 9.59 Å². The molecule has 0 unspecified atom stereocenters. The topological polar surface area (TPSA) is 91.6 Å². The Morgan fingerprint density at radius 1 is 0.968 bits per heavy atom. The summed E-state index contributed by atoms with van der Waals surface area (Å²) < 4.78 is 1.79. The fraction of sp³-hybridized carbons (Fsp3) is 0.391. The number of fused-ring (bicyclic) bond motifs is 1. The number of pyridine rings is 1. The van der Waals surface area contributed by atoms with Gasteiger partial charge >= 0.3 is 0 Å². The van der Waals surface area contributed by atoms with Crippen molar-refractivity contribution >= 4 is 29.2 Å². The lowest BCUT2D eigenvalue weighted by Crippen LogP contribution is -2.45. The van der Waals surface area contributed by atoms with Crippen LogP contribution in [0.1, 0.15) is 31.2 Å². The molecule has 2 aromatic heterocycles. The van der Waals surface area contributed by atoms with E-state index in [1.807, 2.05) is 48.5 Å². The summed E-state index contributed by atoms with van der Waals surface area (Å²) in [6.07, 6.45) is 4.05. The SMILES string of the molecule is O=C(Cc1ccccc1)NC1CCN(c2cccc3nc(NC(=O)C4CC4)nn23)CC1. The molecule has 31 heavy (non-hydrogen) atoms. The van der Waals surface area contributed by atoms with Crippen LogP contribution in [0, 0.1) is 5.92 Å². The third kappa shape index (κ3) is 4.52. The van der Waals surface area contributed by atoms with E-state index in [0.29, 0.717) is 18.0 Å². The molecule has 0 spiro atoms. The molecule has 3 aromatic rings. The number of aromatic nitrogens is 3. The summed E-state index contributed by atoms with van der Waals surface area (Å²) in [4.78, 5) is 31.1. The molecule has 1 aromatic carbocycles. The maximum absolute atomic E-state index is 12.4. The Hall–Kier alpha value is -3.42. The number of carbonyl (C=O) groups is 2. The molecule has 5 rings (SSSR count). The van der Waals surface area contributed by atoms with Crippen molar-refractivity contribution in [3.05, 3.63) is 54.1 Å². The number of benzene rings is 1. The molecule has 8 nitrogen and oxygen atoms in total. The lowest BCUT2D eigenvalue weighted by atomic mass is 10.0. The number of hydrogen-bond donors (Lipinski definition) is 2. The average Bonchev–Trinajstić information content (AvgIpc) is 3.55. The summed E-state index contributed by atoms with van der Waals surface area (Å²) in [6.45, 7) is 1.64. The Morgan fingerprint density at radius 2 is 1.74 bits per heavy atom. The van der Waals surface area contributed by atoms with Crippen molar-refractivity contribution in [2.75, 3.05) is 23.3 Å². The van der Waals surface area contributed by atoms with Crippen molar-refractivity contribution in [2.24, 2.45) is 5.92 Å². The van der Waals surface area contributed by atoms with Gasteiger partial charge in [-0.05, 0) is 43.4 Å². The van der Waals surface area contributed by atoms with Crippen LogP contribution in [0.3, 0.4) is 0 Å². The number of nitrogens with zero attached hydrogens (tertiary/aromatic N) is 4. The predicted octanol–water partition coefficient (Wildman–Crippen LogP) is 2.41. The molecule has 1 aliphatic heterocycles. The van der Waals surface area contributed by atoms with Crippen LogP contribution in [0.2, 0.25) is 0 Å². The molecule has 2 fully saturated rings. The van der Waals surface area contributed by atoms with Crippen LogP contribution in [-0.4, -0.2) is 45.5 Å². The summed E-state index contributed by atoms with van der Waals surface area (Å²) in [5, 5.41) is 10.5. The highest BCUT2D eigenvalue weighted by atomic mass is 16.2. The largest absolute Gasteiger partial charge is 0.356 e. The van der Waals surface area contributed by atoms with Crippen LogP contribution in [-0.2, 0) is 16.0 Å². The number of amides is 2. The van der Waals surface area contributed by atoms with Gasteiger partial charge in [0.25, 0.3) is 0 Å². The van der Waals surface area contributed by atoms with E-state index < -0.39 is 0 Å². The Bertz CT molecular complexity index is 1080. The zero-order valence-electron chi connectivity index (χ0n) is 17.3. The molecule has 1 saturated heterocycles. The van der Waals surface area contributed by atoms with Gasteiger partial charge in [-0.1, -0.05) is 36.4 Å². The molecule has 1 aliphatic carbocycles. The van der Waals surface area contributed by atoms with E-state index in [9.17, 15) is 9.59 Å². The Morgan fingerprint density at radius 3 is 2.48 bits per heavy atom. The van der Waals surface area contributed by atoms with Crippen molar-refractivity contribution in [2.45, 2.75) is 38.1 Å². The summed E-state index contributed by atoms with van der Waals surface area (Å²) in [7, 11) is 0. The highest BCUT2D eigenvalue weighted by Gasteiger charge is 2.30. The minimum absolute atomic E-state index is 0.00418. The van der Waals surface area contributed by atoms with Gasteiger partial charge in [0, 0.05) is 25.0 Å². The second kappa shape index (κ2) is 8.37. The smallest absolute Gasteiger partial charge is 0.249 e. The van der Waals surface area contributed by atoms with Gasteiger partial charge in [0.05, 0.1) is 6.42 Å². The first-order chi connectivity index (χ1) is 15.2. The zero-order chi connectivity index (χ0) is 21.2. The number of hydrogen-bond acceptors (Lipinski definition) is 5. The number of nitrogens with one attached hydrogen (secondary N) is 2. The number of carbonyl (C=O) groups excluding carboxylic acids is 2. The van der Waals surface area contributed by atoms with Gasteiger partial charge < -0.3 is 10.2 Å². The maximum Gasteiger partial charge on any atom is 0.249 e. The van der Waals surface area contributed by atoms with Crippen molar-refractivity contribution in [1.29, 1.82) is 0 Å². The second-order valence-corrected chi connectivity index (χ2v) is 8.34. The quantitative estimate of drug-likeness (QED) is 0.641. The third-order valence-corrected chi connectivity index (χ3v) is 5.91. The van der Waals surface area contributed by atoms with Crippen LogP contribution < -0.4 is 15.5 Å². The van der Waals surface area contributed by atoms with Crippen LogP contribution in [0.25, 0.3) is 5.65 Å². The first-order valence-electron chi connectivity index (χ1n) is 10.9. The molecule has 2 N–H and O–H groups in total. The summed E-state index contributed by atoms with van der Waals surface area (Å²) in [6, 6.07) is 15.8. The maximum atomic E-state index is 12.4. The van der Waals surface area contributed by atoms with Crippen LogP contribution >= 0.6 is 0 Å². The second-order valence-electron chi connectivity index (χ2n) is 8.34. The van der Waals surface area contributed by atoms with E-state index in [4.69, 9.17) is 0 Å². The van der Waals surface area contributed by atoms with Gasteiger partial charge in [-0.3, -0.25) is 14.9 Å². The average molecular weight is 419 g/mol. The van der Waals surface area contributed by atoms with Crippen LogP contribution in [0.5, 0.6) is 0 Å². The Labute approximate surface area is 180 Å². The van der Waals surface area contributed by atoms with Gasteiger partial charge in [-0.15, -0.1) is 5.10 Å². The third-order valence-electron chi connectivity index (χ3n) is 5.91. The van der Waals surface area contributed by atoms with Crippen molar-refractivity contribution in [3.63, 3.8) is 0 Å². The van der Waals surface area contributed by atoms with Gasteiger partial charge in [0.1, 0.15) is 5.82 Å². The van der Waals surface area contributed by atoms with Gasteiger partial charge in [-0.25, -0.2) is 0 Å². The first-order valence-corrected chi connectivity index (χ1v) is 10.9. The van der Waals surface area contributed by atoms with Gasteiger partial charge in [0.15, 0.2) is 5.65 Å². The fourth-order valence-electron chi connectivity index (χ4n) is 4.05. The lowest BCUT2D eigenvalue weighted by molar-refractivity contribution is -0.121. The monoisotopic (exact) mass is 418 g/mol. The minimum Gasteiger partial charge on any atom is -0.356 e. The van der Waals surface area contributed by atoms with Crippen LogP contribution in [0.4, 0.5) is 11.8 Å². The molecule has 0 atom stereocenters. The summed E-state index contributed by atoms with van der Waals surface area (Å²) >= 11 is 0. The normalized spacial score (nSPS) is 17.0. The molecule has 160 valence electrons. The molecule has 0 bridgehead atoms. The molecule has 0 radical (unpaired) electrons. The number of rotatable bonds is 6. The molecular formula is C23H26N6O2. The highest BCUT2D eigenvalue weighted by Crippen LogP contribution is 2.30. The van der Waals surface area contributed by atoms with Gasteiger partial charge in [-0.2, -0.15) is 9.50 Å². The molecular weight excluding hydrogens is 392 g/mol. The van der Waals surface area contributed by atoms with E-state index in [-0.39, 0.29) is 23.8 Å². The van der Waals surface area contributed by atoms with E-state index >= 15 is 0 Å². The fourth-order valence-corrected chi connectivity index (χ4v) is 4.05. The van der Waals surface area contributed by atoms with Gasteiger partial charge in [0.2, 0.25) is 17.8 Å². The van der Waals surface area contributed by atoms with E-state index in [2.05, 4.69) is 25.6 Å². The minimum atomic E-state index is 0.00418. The Kier molecular flexibility index (Phi) is 5.28. The molecule has 8 heteroatoms.